The SMILES string of the molecule is Cc1nc(-c2cccnc2)nc(C)c1CNC1CC1. The van der Waals surface area contributed by atoms with Gasteiger partial charge in [0, 0.05) is 47.5 Å². The number of aromatic nitrogens is 3. The van der Waals surface area contributed by atoms with Gasteiger partial charge in [-0.1, -0.05) is 0 Å². The minimum atomic E-state index is 0.705. The van der Waals surface area contributed by atoms with Crippen molar-refractivity contribution in [2.24, 2.45) is 0 Å². The summed E-state index contributed by atoms with van der Waals surface area (Å²) in [5.74, 6) is 0.762. The lowest BCUT2D eigenvalue weighted by molar-refractivity contribution is 0.675. The van der Waals surface area contributed by atoms with Gasteiger partial charge >= 0.3 is 0 Å². The summed E-state index contributed by atoms with van der Waals surface area (Å²) in [5, 5.41) is 3.52. The average molecular weight is 254 g/mol. The van der Waals surface area contributed by atoms with Gasteiger partial charge < -0.3 is 5.32 Å². The maximum absolute atomic E-state index is 4.61. The van der Waals surface area contributed by atoms with Crippen LogP contribution in [0.1, 0.15) is 29.8 Å². The minimum Gasteiger partial charge on any atom is -0.310 e. The van der Waals surface area contributed by atoms with Crippen LogP contribution in [0.4, 0.5) is 0 Å². The third kappa shape index (κ3) is 2.79. The van der Waals surface area contributed by atoms with Crippen molar-refractivity contribution in [2.75, 3.05) is 0 Å². The first-order valence-corrected chi connectivity index (χ1v) is 6.72. The van der Waals surface area contributed by atoms with E-state index >= 15 is 0 Å². The third-order valence-electron chi connectivity index (χ3n) is 3.49. The maximum Gasteiger partial charge on any atom is 0.161 e. The smallest absolute Gasteiger partial charge is 0.161 e. The van der Waals surface area contributed by atoms with Crippen molar-refractivity contribution in [3.8, 4) is 11.4 Å². The molecule has 0 radical (unpaired) electrons. The average Bonchev–Trinajstić information content (AvgIpc) is 3.23. The zero-order chi connectivity index (χ0) is 13.2. The second-order valence-corrected chi connectivity index (χ2v) is 5.09. The molecule has 0 atom stereocenters. The lowest BCUT2D eigenvalue weighted by Crippen LogP contribution is -2.18. The number of pyridine rings is 1. The molecule has 4 nitrogen and oxygen atoms in total. The van der Waals surface area contributed by atoms with E-state index in [-0.39, 0.29) is 0 Å². The predicted molar refractivity (Wildman–Crippen MR) is 74.6 cm³/mol. The lowest BCUT2D eigenvalue weighted by atomic mass is 10.1. The topological polar surface area (TPSA) is 50.7 Å². The third-order valence-corrected chi connectivity index (χ3v) is 3.49. The molecule has 3 rings (SSSR count). The van der Waals surface area contributed by atoms with Crippen molar-refractivity contribution in [1.29, 1.82) is 0 Å². The van der Waals surface area contributed by atoms with Gasteiger partial charge in [-0.3, -0.25) is 4.98 Å². The number of nitrogens with one attached hydrogen (secondary N) is 1. The molecule has 2 heterocycles. The van der Waals surface area contributed by atoms with E-state index in [1.165, 1.54) is 18.4 Å². The Kier molecular flexibility index (Phi) is 3.25. The maximum atomic E-state index is 4.61. The monoisotopic (exact) mass is 254 g/mol. The van der Waals surface area contributed by atoms with Crippen LogP contribution in [0.15, 0.2) is 24.5 Å². The van der Waals surface area contributed by atoms with Gasteiger partial charge in [0.2, 0.25) is 0 Å². The number of nitrogens with zero attached hydrogens (tertiary/aromatic N) is 3. The Bertz CT molecular complexity index is 553. The van der Waals surface area contributed by atoms with Crippen LogP contribution < -0.4 is 5.32 Å². The second-order valence-electron chi connectivity index (χ2n) is 5.09. The first-order chi connectivity index (χ1) is 9.24. The van der Waals surface area contributed by atoms with E-state index in [9.17, 15) is 0 Å². The van der Waals surface area contributed by atoms with Gasteiger partial charge in [-0.2, -0.15) is 0 Å². The normalized spacial score (nSPS) is 14.6. The Morgan fingerprint density at radius 2 is 1.95 bits per heavy atom. The fourth-order valence-corrected chi connectivity index (χ4v) is 2.15. The van der Waals surface area contributed by atoms with Gasteiger partial charge in [-0.25, -0.2) is 9.97 Å². The van der Waals surface area contributed by atoms with Crippen molar-refractivity contribution < 1.29 is 0 Å². The highest BCUT2D eigenvalue weighted by atomic mass is 15.0. The summed E-state index contributed by atoms with van der Waals surface area (Å²) in [5.41, 5.74) is 4.30. The summed E-state index contributed by atoms with van der Waals surface area (Å²) in [4.78, 5) is 13.3. The van der Waals surface area contributed by atoms with Gasteiger partial charge in [0.1, 0.15) is 0 Å². The van der Waals surface area contributed by atoms with E-state index in [4.69, 9.17) is 0 Å². The standard InChI is InChI=1S/C15H18N4/c1-10-14(9-17-13-5-6-13)11(2)19-15(18-10)12-4-3-7-16-8-12/h3-4,7-8,13,17H,5-6,9H2,1-2H3. The van der Waals surface area contributed by atoms with E-state index in [2.05, 4.69) is 34.1 Å². The molecular formula is C15H18N4. The molecule has 0 bridgehead atoms. The van der Waals surface area contributed by atoms with Gasteiger partial charge in [-0.15, -0.1) is 0 Å². The van der Waals surface area contributed by atoms with E-state index < -0.39 is 0 Å². The summed E-state index contributed by atoms with van der Waals surface area (Å²) in [6, 6.07) is 4.60. The summed E-state index contributed by atoms with van der Waals surface area (Å²) in [6.45, 7) is 4.98. The van der Waals surface area contributed by atoms with Crippen molar-refractivity contribution >= 4 is 0 Å². The molecule has 1 saturated carbocycles. The Morgan fingerprint density at radius 1 is 1.21 bits per heavy atom. The molecule has 1 aliphatic carbocycles. The highest BCUT2D eigenvalue weighted by Gasteiger charge is 2.21. The van der Waals surface area contributed by atoms with E-state index in [1.54, 1.807) is 12.4 Å². The van der Waals surface area contributed by atoms with E-state index in [1.807, 2.05) is 12.1 Å². The van der Waals surface area contributed by atoms with Gasteiger partial charge in [0.15, 0.2) is 5.82 Å². The van der Waals surface area contributed by atoms with Crippen LogP contribution in [0.3, 0.4) is 0 Å². The van der Waals surface area contributed by atoms with Crippen LogP contribution in [0.2, 0.25) is 0 Å². The molecule has 0 unspecified atom stereocenters. The number of aryl methyl sites for hydroxylation is 2. The molecule has 98 valence electrons. The molecule has 0 aliphatic heterocycles. The summed E-state index contributed by atoms with van der Waals surface area (Å²) < 4.78 is 0. The van der Waals surface area contributed by atoms with Crippen LogP contribution in [0, 0.1) is 13.8 Å². The fraction of sp³-hybridized carbons (Fsp3) is 0.400. The van der Waals surface area contributed by atoms with E-state index in [0.29, 0.717) is 6.04 Å². The molecule has 0 aromatic carbocycles. The number of hydrogen-bond acceptors (Lipinski definition) is 4. The van der Waals surface area contributed by atoms with Crippen LogP contribution in [0.25, 0.3) is 11.4 Å². The molecule has 0 spiro atoms. The molecule has 2 aromatic rings. The number of rotatable bonds is 4. The summed E-state index contributed by atoms with van der Waals surface area (Å²) >= 11 is 0. The molecule has 0 amide bonds. The highest BCUT2D eigenvalue weighted by molar-refractivity contribution is 5.54. The fourth-order valence-electron chi connectivity index (χ4n) is 2.15. The Labute approximate surface area is 113 Å². The Hall–Kier alpha value is -1.81. The Balaban J connectivity index is 1.88. The van der Waals surface area contributed by atoms with Crippen LogP contribution in [0.5, 0.6) is 0 Å². The molecule has 1 N–H and O–H groups in total. The molecule has 19 heavy (non-hydrogen) atoms. The Morgan fingerprint density at radius 3 is 2.53 bits per heavy atom. The van der Waals surface area contributed by atoms with Crippen molar-refractivity contribution in [1.82, 2.24) is 20.3 Å². The van der Waals surface area contributed by atoms with Gasteiger partial charge in [0.25, 0.3) is 0 Å². The first kappa shape index (κ1) is 12.2. The van der Waals surface area contributed by atoms with Gasteiger partial charge in [-0.05, 0) is 38.8 Å². The molecule has 1 fully saturated rings. The molecule has 1 aliphatic rings. The van der Waals surface area contributed by atoms with Gasteiger partial charge in [0.05, 0.1) is 0 Å². The quantitative estimate of drug-likeness (QED) is 0.910. The number of hydrogen-bond donors (Lipinski definition) is 1. The molecule has 0 saturated heterocycles. The molecule has 4 heteroatoms. The van der Waals surface area contributed by atoms with Crippen LogP contribution in [-0.4, -0.2) is 21.0 Å². The lowest BCUT2D eigenvalue weighted by Gasteiger charge is -2.11. The molecule has 2 aromatic heterocycles. The summed E-state index contributed by atoms with van der Waals surface area (Å²) in [7, 11) is 0. The molecular weight excluding hydrogens is 236 g/mol. The minimum absolute atomic E-state index is 0.705. The van der Waals surface area contributed by atoms with Crippen LogP contribution >= 0.6 is 0 Å². The van der Waals surface area contributed by atoms with Crippen LogP contribution in [-0.2, 0) is 6.54 Å². The van der Waals surface area contributed by atoms with Crippen molar-refractivity contribution in [3.05, 3.63) is 41.5 Å². The first-order valence-electron chi connectivity index (χ1n) is 6.72. The van der Waals surface area contributed by atoms with Crippen molar-refractivity contribution in [3.63, 3.8) is 0 Å². The zero-order valence-electron chi connectivity index (χ0n) is 11.3. The predicted octanol–water partition coefficient (Wildman–Crippen LogP) is 2.41. The van der Waals surface area contributed by atoms with E-state index in [0.717, 1.165) is 29.3 Å². The highest BCUT2D eigenvalue weighted by Crippen LogP contribution is 2.21. The second kappa shape index (κ2) is 5.05. The summed E-state index contributed by atoms with van der Waals surface area (Å²) in [6.07, 6.45) is 6.16. The largest absolute Gasteiger partial charge is 0.310 e. The van der Waals surface area contributed by atoms with Crippen molar-refractivity contribution in [2.45, 2.75) is 39.3 Å². The zero-order valence-corrected chi connectivity index (χ0v) is 11.3.